The van der Waals surface area contributed by atoms with Crippen molar-refractivity contribution >= 4 is 5.91 Å². The van der Waals surface area contributed by atoms with Gasteiger partial charge in [-0.2, -0.15) is 13.2 Å². The Morgan fingerprint density at radius 2 is 2.05 bits per heavy atom. The van der Waals surface area contributed by atoms with Crippen LogP contribution in [0.3, 0.4) is 0 Å². The Bertz CT molecular complexity index is 534. The van der Waals surface area contributed by atoms with Crippen LogP contribution in [0.25, 0.3) is 0 Å². The molecule has 2 rings (SSSR count). The molecule has 0 unspecified atom stereocenters. The molecule has 1 N–H and O–H groups in total. The molecule has 1 aliphatic rings. The van der Waals surface area contributed by atoms with Crippen molar-refractivity contribution < 1.29 is 18.0 Å². The van der Waals surface area contributed by atoms with E-state index in [9.17, 15) is 18.0 Å². The Kier molecular flexibility index (Phi) is 5.24. The van der Waals surface area contributed by atoms with Gasteiger partial charge in [0.05, 0.1) is 5.56 Å². The molecule has 0 atom stereocenters. The lowest BCUT2D eigenvalue weighted by molar-refractivity contribution is -0.137. The molecule has 1 aromatic carbocycles. The number of nitrogens with one attached hydrogen (secondary N) is 1. The first-order chi connectivity index (χ1) is 10.4. The van der Waals surface area contributed by atoms with Gasteiger partial charge in [-0.05, 0) is 30.5 Å². The largest absolute Gasteiger partial charge is 0.416 e. The van der Waals surface area contributed by atoms with Crippen LogP contribution in [-0.4, -0.2) is 29.9 Å². The van der Waals surface area contributed by atoms with Gasteiger partial charge in [-0.3, -0.25) is 9.69 Å². The third kappa shape index (κ3) is 4.59. The average molecular weight is 312 g/mol. The SMILES string of the molecule is C=CC(=O)NC1CCN(Cc2cccc(C(F)(F)F)c2)CC1. The second kappa shape index (κ2) is 6.96. The average Bonchev–Trinajstić information content (AvgIpc) is 2.48. The van der Waals surface area contributed by atoms with Gasteiger partial charge < -0.3 is 5.32 Å². The summed E-state index contributed by atoms with van der Waals surface area (Å²) in [6.45, 7) is 5.40. The normalized spacial score (nSPS) is 17.2. The molecule has 1 aromatic rings. The van der Waals surface area contributed by atoms with E-state index in [-0.39, 0.29) is 11.9 Å². The maximum atomic E-state index is 12.7. The molecule has 0 radical (unpaired) electrons. The summed E-state index contributed by atoms with van der Waals surface area (Å²) in [5, 5.41) is 2.85. The molecule has 120 valence electrons. The number of carbonyl (C=O) groups is 1. The predicted molar refractivity (Wildman–Crippen MR) is 78.1 cm³/mol. The number of benzene rings is 1. The lowest BCUT2D eigenvalue weighted by Gasteiger charge is -2.32. The highest BCUT2D eigenvalue weighted by molar-refractivity contribution is 5.87. The van der Waals surface area contributed by atoms with E-state index in [4.69, 9.17) is 0 Å². The quantitative estimate of drug-likeness (QED) is 0.867. The van der Waals surface area contributed by atoms with Crippen molar-refractivity contribution in [3.63, 3.8) is 0 Å². The smallest absolute Gasteiger partial charge is 0.350 e. The summed E-state index contributed by atoms with van der Waals surface area (Å²) in [5.74, 6) is -0.184. The molecule has 0 aromatic heterocycles. The fourth-order valence-corrected chi connectivity index (χ4v) is 2.60. The Morgan fingerprint density at radius 1 is 1.36 bits per heavy atom. The molecule has 0 spiro atoms. The molecule has 6 heteroatoms. The van der Waals surface area contributed by atoms with Gasteiger partial charge in [-0.1, -0.05) is 24.8 Å². The number of likely N-dealkylation sites (tertiary alicyclic amines) is 1. The number of hydrogen-bond acceptors (Lipinski definition) is 2. The van der Waals surface area contributed by atoms with Gasteiger partial charge in [0.25, 0.3) is 0 Å². The highest BCUT2D eigenvalue weighted by atomic mass is 19.4. The Labute approximate surface area is 127 Å². The number of alkyl halides is 3. The van der Waals surface area contributed by atoms with Crippen LogP contribution in [0.1, 0.15) is 24.0 Å². The van der Waals surface area contributed by atoms with Crippen molar-refractivity contribution in [2.24, 2.45) is 0 Å². The van der Waals surface area contributed by atoms with E-state index in [1.54, 1.807) is 6.07 Å². The maximum Gasteiger partial charge on any atom is 0.416 e. The van der Waals surface area contributed by atoms with Crippen molar-refractivity contribution in [3.05, 3.63) is 48.0 Å². The topological polar surface area (TPSA) is 32.3 Å². The van der Waals surface area contributed by atoms with Gasteiger partial charge in [0.1, 0.15) is 0 Å². The van der Waals surface area contributed by atoms with Crippen LogP contribution in [0.15, 0.2) is 36.9 Å². The fraction of sp³-hybridized carbons (Fsp3) is 0.438. The first-order valence-electron chi connectivity index (χ1n) is 7.20. The molecule has 0 saturated carbocycles. The van der Waals surface area contributed by atoms with E-state index in [0.29, 0.717) is 12.1 Å². The van der Waals surface area contributed by atoms with Crippen molar-refractivity contribution in [1.82, 2.24) is 10.2 Å². The van der Waals surface area contributed by atoms with Crippen LogP contribution in [0.5, 0.6) is 0 Å². The molecule has 0 aliphatic carbocycles. The van der Waals surface area contributed by atoms with Crippen molar-refractivity contribution in [3.8, 4) is 0 Å². The van der Waals surface area contributed by atoms with E-state index in [0.717, 1.165) is 32.0 Å². The van der Waals surface area contributed by atoms with Crippen molar-refractivity contribution in [2.45, 2.75) is 31.6 Å². The molecular formula is C16H19F3N2O. The first-order valence-corrected chi connectivity index (χ1v) is 7.20. The number of hydrogen-bond donors (Lipinski definition) is 1. The summed E-state index contributed by atoms with van der Waals surface area (Å²) in [4.78, 5) is 13.3. The molecule has 1 amide bonds. The monoisotopic (exact) mass is 312 g/mol. The van der Waals surface area contributed by atoms with E-state index in [2.05, 4.69) is 16.8 Å². The van der Waals surface area contributed by atoms with E-state index >= 15 is 0 Å². The third-order valence-electron chi connectivity index (χ3n) is 3.78. The molecule has 22 heavy (non-hydrogen) atoms. The van der Waals surface area contributed by atoms with Crippen molar-refractivity contribution in [2.75, 3.05) is 13.1 Å². The minimum absolute atomic E-state index is 0.114. The van der Waals surface area contributed by atoms with Gasteiger partial charge >= 0.3 is 6.18 Å². The summed E-state index contributed by atoms with van der Waals surface area (Å²) in [7, 11) is 0. The van der Waals surface area contributed by atoms with Gasteiger partial charge in [0.2, 0.25) is 5.91 Å². The number of piperidine rings is 1. The second-order valence-corrected chi connectivity index (χ2v) is 5.46. The number of nitrogens with zero attached hydrogens (tertiary/aromatic N) is 1. The highest BCUT2D eigenvalue weighted by Crippen LogP contribution is 2.29. The number of rotatable bonds is 4. The van der Waals surface area contributed by atoms with E-state index < -0.39 is 11.7 Å². The van der Waals surface area contributed by atoms with Gasteiger partial charge in [0, 0.05) is 25.7 Å². The van der Waals surface area contributed by atoms with E-state index in [1.807, 2.05) is 0 Å². The van der Waals surface area contributed by atoms with Crippen LogP contribution in [0.2, 0.25) is 0 Å². The van der Waals surface area contributed by atoms with Crippen LogP contribution in [-0.2, 0) is 17.5 Å². The van der Waals surface area contributed by atoms with Crippen LogP contribution in [0.4, 0.5) is 13.2 Å². The molecule has 1 fully saturated rings. The lowest BCUT2D eigenvalue weighted by Crippen LogP contribution is -2.43. The molecule has 1 saturated heterocycles. The predicted octanol–water partition coefficient (Wildman–Crippen LogP) is 2.97. The summed E-state index contributed by atoms with van der Waals surface area (Å²) in [6.07, 6.45) is -1.48. The molecule has 0 bridgehead atoms. The summed E-state index contributed by atoms with van der Waals surface area (Å²) < 4.78 is 38.1. The fourth-order valence-electron chi connectivity index (χ4n) is 2.60. The minimum atomic E-state index is -4.31. The standard InChI is InChI=1S/C16H19F3N2O/c1-2-15(22)20-14-6-8-21(9-7-14)11-12-4-3-5-13(10-12)16(17,18)19/h2-5,10,14H,1,6-9,11H2,(H,20,22). The summed E-state index contributed by atoms with van der Waals surface area (Å²) >= 11 is 0. The maximum absolute atomic E-state index is 12.7. The molecular weight excluding hydrogens is 293 g/mol. The van der Waals surface area contributed by atoms with Gasteiger partial charge in [0.15, 0.2) is 0 Å². The zero-order valence-electron chi connectivity index (χ0n) is 12.2. The zero-order valence-corrected chi connectivity index (χ0v) is 12.2. The van der Waals surface area contributed by atoms with Crippen LogP contribution in [0, 0.1) is 0 Å². The molecule has 1 aliphatic heterocycles. The van der Waals surface area contributed by atoms with Crippen LogP contribution < -0.4 is 5.32 Å². The third-order valence-corrected chi connectivity index (χ3v) is 3.78. The summed E-state index contributed by atoms with van der Waals surface area (Å²) in [6, 6.07) is 5.55. The molecule has 3 nitrogen and oxygen atoms in total. The summed E-state index contributed by atoms with van der Waals surface area (Å²) in [5.41, 5.74) is 0.0431. The Morgan fingerprint density at radius 3 is 2.64 bits per heavy atom. The first kappa shape index (κ1) is 16.5. The number of halogens is 3. The zero-order chi connectivity index (χ0) is 16.2. The number of amides is 1. The van der Waals surface area contributed by atoms with Gasteiger partial charge in [-0.25, -0.2) is 0 Å². The Hall–Kier alpha value is -1.82. The Balaban J connectivity index is 1.88. The lowest BCUT2D eigenvalue weighted by atomic mass is 10.0. The van der Waals surface area contributed by atoms with Crippen molar-refractivity contribution in [1.29, 1.82) is 0 Å². The minimum Gasteiger partial charge on any atom is -0.350 e. The molecule has 1 heterocycles. The second-order valence-electron chi connectivity index (χ2n) is 5.46. The number of carbonyl (C=O) groups excluding carboxylic acids is 1. The van der Waals surface area contributed by atoms with Gasteiger partial charge in [-0.15, -0.1) is 0 Å². The van der Waals surface area contributed by atoms with Crippen LogP contribution >= 0.6 is 0 Å². The van der Waals surface area contributed by atoms with E-state index in [1.165, 1.54) is 18.2 Å². The highest BCUT2D eigenvalue weighted by Gasteiger charge is 2.30.